The molecule has 2 aromatic carbocycles. The summed E-state index contributed by atoms with van der Waals surface area (Å²) in [6.45, 7) is 4.65. The summed E-state index contributed by atoms with van der Waals surface area (Å²) in [4.78, 5) is 16.4. The number of aryl methyl sites for hydroxylation is 1. The molecule has 2 aliphatic rings. The molecule has 1 saturated heterocycles. The second kappa shape index (κ2) is 7.92. The van der Waals surface area contributed by atoms with Gasteiger partial charge in [-0.05, 0) is 42.5 Å². The van der Waals surface area contributed by atoms with Crippen molar-refractivity contribution in [3.8, 4) is 0 Å². The van der Waals surface area contributed by atoms with Gasteiger partial charge in [-0.2, -0.15) is 0 Å². The summed E-state index contributed by atoms with van der Waals surface area (Å²) < 4.78 is 0. The van der Waals surface area contributed by atoms with E-state index in [0.717, 1.165) is 45.4 Å². The van der Waals surface area contributed by atoms with Crippen LogP contribution < -0.4 is 15.1 Å². The molecular weight excluding hydrogens is 322 g/mol. The number of carbonyl (C=O) groups is 1. The lowest BCUT2D eigenvalue weighted by Crippen LogP contribution is -3.16. The van der Waals surface area contributed by atoms with Crippen LogP contribution in [0, 0.1) is 0 Å². The largest absolute Gasteiger partial charge is 0.360 e. The van der Waals surface area contributed by atoms with Crippen molar-refractivity contribution in [2.45, 2.75) is 25.3 Å². The molecule has 1 atom stereocenters. The van der Waals surface area contributed by atoms with E-state index in [1.165, 1.54) is 21.7 Å². The standard InChI is InChI=1S/C22H27N3O/c26-22(23-21-12-6-8-18-7-4-5-11-20(18)21)17-24-13-15-25(16-14-24)19-9-2-1-3-10-19/h1-5,7,9-11,21H,6,8,12-17H2,(H,23,26)/p+1/t21-/m1/s1. The van der Waals surface area contributed by atoms with Gasteiger partial charge in [0.05, 0.1) is 32.2 Å². The van der Waals surface area contributed by atoms with Crippen LogP contribution in [-0.2, 0) is 11.2 Å². The Morgan fingerprint density at radius 3 is 2.58 bits per heavy atom. The van der Waals surface area contributed by atoms with E-state index in [4.69, 9.17) is 0 Å². The number of fused-ring (bicyclic) bond motifs is 1. The number of rotatable bonds is 4. The zero-order valence-corrected chi connectivity index (χ0v) is 15.3. The summed E-state index contributed by atoms with van der Waals surface area (Å²) in [7, 11) is 0. The van der Waals surface area contributed by atoms with E-state index in [2.05, 4.69) is 64.8 Å². The van der Waals surface area contributed by atoms with Crippen molar-refractivity contribution in [3.63, 3.8) is 0 Å². The number of amides is 1. The van der Waals surface area contributed by atoms with Gasteiger partial charge < -0.3 is 15.1 Å². The first-order chi connectivity index (χ1) is 12.8. The molecule has 2 aromatic rings. The number of anilines is 1. The summed E-state index contributed by atoms with van der Waals surface area (Å²) in [5.41, 5.74) is 4.00. The van der Waals surface area contributed by atoms with E-state index in [-0.39, 0.29) is 11.9 Å². The smallest absolute Gasteiger partial charge is 0.275 e. The van der Waals surface area contributed by atoms with Gasteiger partial charge >= 0.3 is 0 Å². The highest BCUT2D eigenvalue weighted by atomic mass is 16.2. The Labute approximate surface area is 155 Å². The molecule has 26 heavy (non-hydrogen) atoms. The first-order valence-corrected chi connectivity index (χ1v) is 9.80. The summed E-state index contributed by atoms with van der Waals surface area (Å²) in [6, 6.07) is 19.3. The van der Waals surface area contributed by atoms with Crippen molar-refractivity contribution in [2.75, 3.05) is 37.6 Å². The van der Waals surface area contributed by atoms with Crippen LogP contribution >= 0.6 is 0 Å². The predicted molar refractivity (Wildman–Crippen MR) is 104 cm³/mol. The Kier molecular flexibility index (Phi) is 5.21. The van der Waals surface area contributed by atoms with Crippen molar-refractivity contribution in [1.82, 2.24) is 5.32 Å². The van der Waals surface area contributed by atoms with Crippen LogP contribution in [0.15, 0.2) is 54.6 Å². The molecule has 0 radical (unpaired) electrons. The van der Waals surface area contributed by atoms with Gasteiger partial charge in [0.15, 0.2) is 6.54 Å². The SMILES string of the molecule is O=C(C[NH+]1CCN(c2ccccc2)CC1)N[C@@H]1CCCc2ccccc21. The number of benzene rings is 2. The van der Waals surface area contributed by atoms with Crippen molar-refractivity contribution in [1.29, 1.82) is 0 Å². The quantitative estimate of drug-likeness (QED) is 0.879. The third-order valence-electron chi connectivity index (χ3n) is 5.71. The topological polar surface area (TPSA) is 36.8 Å². The second-order valence-electron chi connectivity index (χ2n) is 7.46. The highest BCUT2D eigenvalue weighted by Crippen LogP contribution is 2.29. The lowest BCUT2D eigenvalue weighted by molar-refractivity contribution is -0.892. The van der Waals surface area contributed by atoms with Gasteiger partial charge in [0.1, 0.15) is 0 Å². The minimum absolute atomic E-state index is 0.190. The predicted octanol–water partition coefficient (Wildman–Crippen LogP) is 1.59. The van der Waals surface area contributed by atoms with E-state index < -0.39 is 0 Å². The zero-order chi connectivity index (χ0) is 17.8. The minimum Gasteiger partial charge on any atom is -0.360 e. The van der Waals surface area contributed by atoms with Crippen molar-refractivity contribution in [3.05, 3.63) is 65.7 Å². The van der Waals surface area contributed by atoms with E-state index >= 15 is 0 Å². The molecule has 1 heterocycles. The van der Waals surface area contributed by atoms with Gasteiger partial charge in [0, 0.05) is 5.69 Å². The van der Waals surface area contributed by atoms with Crippen LogP contribution in [0.3, 0.4) is 0 Å². The number of hydrogen-bond donors (Lipinski definition) is 2. The van der Waals surface area contributed by atoms with Crippen LogP contribution in [0.4, 0.5) is 5.69 Å². The van der Waals surface area contributed by atoms with Crippen LogP contribution in [0.1, 0.15) is 30.0 Å². The van der Waals surface area contributed by atoms with E-state index in [1.807, 2.05) is 0 Å². The van der Waals surface area contributed by atoms with E-state index in [1.54, 1.807) is 0 Å². The highest BCUT2D eigenvalue weighted by molar-refractivity contribution is 5.77. The third kappa shape index (κ3) is 3.91. The molecular formula is C22H28N3O+. The number of carbonyl (C=O) groups excluding carboxylic acids is 1. The van der Waals surface area contributed by atoms with Crippen molar-refractivity contribution >= 4 is 11.6 Å². The number of quaternary nitrogens is 1. The van der Waals surface area contributed by atoms with Crippen LogP contribution in [0.5, 0.6) is 0 Å². The third-order valence-corrected chi connectivity index (χ3v) is 5.71. The van der Waals surface area contributed by atoms with Crippen LogP contribution in [0.2, 0.25) is 0 Å². The van der Waals surface area contributed by atoms with Crippen LogP contribution in [0.25, 0.3) is 0 Å². The lowest BCUT2D eigenvalue weighted by Gasteiger charge is -2.34. The van der Waals surface area contributed by atoms with E-state index in [9.17, 15) is 4.79 Å². The molecule has 4 heteroatoms. The molecule has 1 amide bonds. The van der Waals surface area contributed by atoms with Gasteiger partial charge in [-0.3, -0.25) is 4.79 Å². The summed E-state index contributed by atoms with van der Waals surface area (Å²) in [5, 5.41) is 3.29. The number of piperazine rings is 1. The number of nitrogens with zero attached hydrogens (tertiary/aromatic N) is 1. The minimum atomic E-state index is 0.190. The van der Waals surface area contributed by atoms with E-state index in [0.29, 0.717) is 6.54 Å². The molecule has 0 saturated carbocycles. The lowest BCUT2D eigenvalue weighted by atomic mass is 9.88. The first kappa shape index (κ1) is 17.1. The summed E-state index contributed by atoms with van der Waals surface area (Å²) in [6.07, 6.45) is 3.35. The summed E-state index contributed by atoms with van der Waals surface area (Å²) >= 11 is 0. The molecule has 4 nitrogen and oxygen atoms in total. The Balaban J connectivity index is 1.29. The maximum absolute atomic E-state index is 12.6. The van der Waals surface area contributed by atoms with Gasteiger partial charge in [-0.1, -0.05) is 42.5 Å². The first-order valence-electron chi connectivity index (χ1n) is 9.80. The molecule has 1 aliphatic carbocycles. The molecule has 2 N–H and O–H groups in total. The highest BCUT2D eigenvalue weighted by Gasteiger charge is 2.25. The fourth-order valence-corrected chi connectivity index (χ4v) is 4.27. The Hall–Kier alpha value is -2.33. The summed E-state index contributed by atoms with van der Waals surface area (Å²) in [5.74, 6) is 0.190. The zero-order valence-electron chi connectivity index (χ0n) is 15.3. The Morgan fingerprint density at radius 2 is 1.77 bits per heavy atom. The van der Waals surface area contributed by atoms with Gasteiger partial charge in [-0.25, -0.2) is 0 Å². The van der Waals surface area contributed by atoms with Crippen LogP contribution in [-0.4, -0.2) is 38.6 Å². The Bertz CT molecular complexity index is 738. The maximum Gasteiger partial charge on any atom is 0.275 e. The van der Waals surface area contributed by atoms with Gasteiger partial charge in [0.2, 0.25) is 0 Å². The van der Waals surface area contributed by atoms with Gasteiger partial charge in [0.25, 0.3) is 5.91 Å². The molecule has 0 unspecified atom stereocenters. The van der Waals surface area contributed by atoms with Crippen molar-refractivity contribution in [2.24, 2.45) is 0 Å². The van der Waals surface area contributed by atoms with Gasteiger partial charge in [-0.15, -0.1) is 0 Å². The molecule has 4 rings (SSSR count). The second-order valence-corrected chi connectivity index (χ2v) is 7.46. The average Bonchev–Trinajstić information content (AvgIpc) is 2.69. The molecule has 1 fully saturated rings. The number of para-hydroxylation sites is 1. The number of hydrogen-bond acceptors (Lipinski definition) is 2. The molecule has 136 valence electrons. The average molecular weight is 350 g/mol. The molecule has 0 bridgehead atoms. The number of nitrogens with one attached hydrogen (secondary N) is 2. The van der Waals surface area contributed by atoms with Crippen molar-refractivity contribution < 1.29 is 9.69 Å². The fourth-order valence-electron chi connectivity index (χ4n) is 4.27. The fraction of sp³-hybridized carbons (Fsp3) is 0.409. The monoisotopic (exact) mass is 350 g/mol. The Morgan fingerprint density at radius 1 is 1.04 bits per heavy atom. The molecule has 0 aromatic heterocycles. The molecule has 1 aliphatic heterocycles. The normalized spacial score (nSPS) is 20.5. The molecule has 0 spiro atoms. The maximum atomic E-state index is 12.6.